The highest BCUT2D eigenvalue weighted by molar-refractivity contribution is 6.22. The first kappa shape index (κ1) is 21.8. The first-order valence-electron chi connectivity index (χ1n) is 9.84. The van der Waals surface area contributed by atoms with Gasteiger partial charge in [0, 0.05) is 13.1 Å². The molecule has 9 nitrogen and oxygen atoms in total. The summed E-state index contributed by atoms with van der Waals surface area (Å²) >= 11 is 0. The number of para-hydroxylation sites is 2. The molecule has 1 aliphatic heterocycles. The number of nitrogens with one attached hydrogen (secondary N) is 2. The number of nitrogens with zero attached hydrogens (tertiary/aromatic N) is 1. The van der Waals surface area contributed by atoms with Crippen molar-refractivity contribution >= 4 is 23.6 Å². The summed E-state index contributed by atoms with van der Waals surface area (Å²) in [6.07, 6.45) is 0. The summed E-state index contributed by atoms with van der Waals surface area (Å²) in [7, 11) is 0. The number of amides is 4. The minimum Gasteiger partial charge on any atom is -0.490 e. The van der Waals surface area contributed by atoms with Crippen LogP contribution in [0.3, 0.4) is 0 Å². The molecule has 1 heterocycles. The lowest BCUT2D eigenvalue weighted by molar-refractivity contribution is -0.124. The van der Waals surface area contributed by atoms with Crippen LogP contribution in [0.25, 0.3) is 0 Å². The van der Waals surface area contributed by atoms with Gasteiger partial charge >= 0.3 is 0 Å². The number of imide groups is 1. The molecule has 0 saturated heterocycles. The highest BCUT2D eigenvalue weighted by atomic mass is 16.5. The number of hydrogen-bond donors (Lipinski definition) is 2. The molecule has 9 heteroatoms. The molecule has 0 saturated carbocycles. The van der Waals surface area contributed by atoms with Gasteiger partial charge in [-0.2, -0.15) is 0 Å². The number of rotatable bonds is 10. The Kier molecular flexibility index (Phi) is 7.21. The smallest absolute Gasteiger partial charge is 0.262 e. The summed E-state index contributed by atoms with van der Waals surface area (Å²) < 4.78 is 10.9. The third kappa shape index (κ3) is 5.39. The molecule has 3 rings (SSSR count). The number of benzene rings is 2. The van der Waals surface area contributed by atoms with Gasteiger partial charge in [-0.3, -0.25) is 24.1 Å². The maximum Gasteiger partial charge on any atom is 0.262 e. The monoisotopic (exact) mass is 425 g/mol. The summed E-state index contributed by atoms with van der Waals surface area (Å²) in [5, 5.41) is 5.19. The average Bonchev–Trinajstić information content (AvgIpc) is 3.01. The highest BCUT2D eigenvalue weighted by Gasteiger charge is 2.36. The summed E-state index contributed by atoms with van der Waals surface area (Å²) in [5.74, 6) is -0.819. The van der Waals surface area contributed by atoms with Gasteiger partial charge in [-0.1, -0.05) is 24.3 Å². The van der Waals surface area contributed by atoms with Crippen molar-refractivity contribution in [2.45, 2.75) is 6.92 Å². The molecule has 0 aliphatic carbocycles. The Balaban J connectivity index is 1.36. The lowest BCUT2D eigenvalue weighted by Gasteiger charge is -2.14. The topological polar surface area (TPSA) is 114 Å². The minimum absolute atomic E-state index is 0.142. The fourth-order valence-corrected chi connectivity index (χ4v) is 3.02. The van der Waals surface area contributed by atoms with E-state index in [0.717, 1.165) is 4.90 Å². The van der Waals surface area contributed by atoms with E-state index < -0.39 is 17.7 Å². The van der Waals surface area contributed by atoms with Crippen molar-refractivity contribution in [1.29, 1.82) is 0 Å². The van der Waals surface area contributed by atoms with Crippen molar-refractivity contribution in [2.75, 3.05) is 32.8 Å². The Labute approximate surface area is 179 Å². The van der Waals surface area contributed by atoms with Gasteiger partial charge in [0.1, 0.15) is 6.54 Å². The van der Waals surface area contributed by atoms with Gasteiger partial charge < -0.3 is 20.1 Å². The zero-order valence-electron chi connectivity index (χ0n) is 17.1. The molecule has 2 aromatic rings. The molecule has 0 spiro atoms. The highest BCUT2D eigenvalue weighted by Crippen LogP contribution is 2.26. The van der Waals surface area contributed by atoms with Crippen LogP contribution in [0.2, 0.25) is 0 Å². The van der Waals surface area contributed by atoms with E-state index in [4.69, 9.17) is 9.47 Å². The SMILES string of the molecule is CCOc1ccccc1OCC(=O)NCCNC(=O)CN1C(=O)c2ccccc2C1=O. The van der Waals surface area contributed by atoms with Gasteiger partial charge in [-0.05, 0) is 31.2 Å². The number of ether oxygens (including phenoxy) is 2. The molecule has 4 amide bonds. The Hall–Kier alpha value is -3.88. The van der Waals surface area contributed by atoms with Gasteiger partial charge in [0.15, 0.2) is 18.1 Å². The van der Waals surface area contributed by atoms with Crippen molar-refractivity contribution in [3.05, 3.63) is 59.7 Å². The van der Waals surface area contributed by atoms with Crippen LogP contribution in [0.5, 0.6) is 11.5 Å². The van der Waals surface area contributed by atoms with Gasteiger partial charge in [-0.25, -0.2) is 0 Å². The van der Waals surface area contributed by atoms with Crippen LogP contribution < -0.4 is 20.1 Å². The van der Waals surface area contributed by atoms with E-state index in [1.807, 2.05) is 13.0 Å². The Morgan fingerprint density at radius 2 is 1.32 bits per heavy atom. The van der Waals surface area contributed by atoms with Crippen LogP contribution >= 0.6 is 0 Å². The number of hydrogen-bond acceptors (Lipinski definition) is 6. The zero-order valence-corrected chi connectivity index (χ0v) is 17.1. The summed E-state index contributed by atoms with van der Waals surface area (Å²) in [6.45, 7) is 2.07. The third-order valence-electron chi connectivity index (χ3n) is 4.46. The number of carbonyl (C=O) groups excluding carboxylic acids is 4. The molecule has 0 aromatic heterocycles. The molecule has 0 fully saturated rings. The average molecular weight is 425 g/mol. The second-order valence-corrected chi connectivity index (χ2v) is 6.61. The van der Waals surface area contributed by atoms with Gasteiger partial charge in [0.2, 0.25) is 5.91 Å². The zero-order chi connectivity index (χ0) is 22.2. The predicted octanol–water partition coefficient (Wildman–Crippen LogP) is 0.993. The van der Waals surface area contributed by atoms with Crippen LogP contribution in [-0.2, 0) is 9.59 Å². The van der Waals surface area contributed by atoms with E-state index in [2.05, 4.69) is 10.6 Å². The van der Waals surface area contributed by atoms with Crippen molar-refractivity contribution in [1.82, 2.24) is 15.5 Å². The molecule has 0 radical (unpaired) electrons. The molecule has 2 aromatic carbocycles. The molecular formula is C22H23N3O6. The second-order valence-electron chi connectivity index (χ2n) is 6.61. The van der Waals surface area contributed by atoms with Crippen molar-refractivity contribution in [3.63, 3.8) is 0 Å². The Morgan fingerprint density at radius 1 is 0.806 bits per heavy atom. The number of fused-ring (bicyclic) bond motifs is 1. The fourth-order valence-electron chi connectivity index (χ4n) is 3.02. The van der Waals surface area contributed by atoms with Crippen molar-refractivity contribution in [2.24, 2.45) is 0 Å². The van der Waals surface area contributed by atoms with Gasteiger partial charge in [0.05, 0.1) is 17.7 Å². The van der Waals surface area contributed by atoms with Gasteiger partial charge in [-0.15, -0.1) is 0 Å². The van der Waals surface area contributed by atoms with E-state index in [9.17, 15) is 19.2 Å². The number of carbonyl (C=O) groups is 4. The maximum absolute atomic E-state index is 12.3. The van der Waals surface area contributed by atoms with Gasteiger partial charge in [0.25, 0.3) is 17.7 Å². The van der Waals surface area contributed by atoms with E-state index in [1.165, 1.54) is 0 Å². The molecule has 31 heavy (non-hydrogen) atoms. The molecule has 1 aliphatic rings. The van der Waals surface area contributed by atoms with Crippen LogP contribution in [-0.4, -0.2) is 61.4 Å². The summed E-state index contributed by atoms with van der Waals surface area (Å²) in [6, 6.07) is 13.5. The van der Waals surface area contributed by atoms with Crippen LogP contribution in [0.4, 0.5) is 0 Å². The van der Waals surface area contributed by atoms with Crippen molar-refractivity contribution in [3.8, 4) is 11.5 Å². The molecule has 162 valence electrons. The molecular weight excluding hydrogens is 402 g/mol. The van der Waals surface area contributed by atoms with Crippen LogP contribution in [0, 0.1) is 0 Å². The largest absolute Gasteiger partial charge is 0.490 e. The Bertz CT molecular complexity index is 956. The lowest BCUT2D eigenvalue weighted by Crippen LogP contribution is -2.43. The quantitative estimate of drug-likeness (QED) is 0.434. The third-order valence-corrected chi connectivity index (χ3v) is 4.46. The fraction of sp³-hybridized carbons (Fsp3) is 0.273. The summed E-state index contributed by atoms with van der Waals surface area (Å²) in [4.78, 5) is 49.4. The van der Waals surface area contributed by atoms with Crippen LogP contribution in [0.1, 0.15) is 27.6 Å². The molecule has 0 bridgehead atoms. The first-order chi connectivity index (χ1) is 15.0. The molecule has 2 N–H and O–H groups in total. The van der Waals surface area contributed by atoms with E-state index in [-0.39, 0.29) is 32.1 Å². The van der Waals surface area contributed by atoms with E-state index in [0.29, 0.717) is 29.2 Å². The summed E-state index contributed by atoms with van der Waals surface area (Å²) in [5.41, 5.74) is 0.581. The normalized spacial score (nSPS) is 12.4. The molecule has 0 unspecified atom stereocenters. The van der Waals surface area contributed by atoms with E-state index in [1.54, 1.807) is 42.5 Å². The maximum atomic E-state index is 12.3. The lowest BCUT2D eigenvalue weighted by atomic mass is 10.1. The predicted molar refractivity (Wildman–Crippen MR) is 111 cm³/mol. The molecule has 0 atom stereocenters. The standard InChI is InChI=1S/C22H23N3O6/c1-2-30-17-9-5-6-10-18(17)31-14-20(27)24-12-11-23-19(26)13-25-21(28)15-7-3-4-8-16(15)22(25)29/h3-10H,2,11-14H2,1H3,(H,23,26)(H,24,27). The Morgan fingerprint density at radius 3 is 1.90 bits per heavy atom. The minimum atomic E-state index is -0.495. The second kappa shape index (κ2) is 10.2. The van der Waals surface area contributed by atoms with Crippen molar-refractivity contribution < 1.29 is 28.7 Å². The first-order valence-corrected chi connectivity index (χ1v) is 9.84. The van der Waals surface area contributed by atoms with E-state index >= 15 is 0 Å². The van der Waals surface area contributed by atoms with Crippen LogP contribution in [0.15, 0.2) is 48.5 Å².